The van der Waals surface area contributed by atoms with Crippen LogP contribution in [0.3, 0.4) is 0 Å². The van der Waals surface area contributed by atoms with Crippen LogP contribution in [0.5, 0.6) is 5.75 Å². The number of nitrogens with one attached hydrogen (secondary N) is 1. The van der Waals surface area contributed by atoms with E-state index in [-0.39, 0.29) is 11.1 Å². The number of rotatable bonds is 4. The van der Waals surface area contributed by atoms with Gasteiger partial charge in [-0.2, -0.15) is 0 Å². The number of aromatic hydroxyl groups is 1. The molecule has 3 aromatic rings. The molecule has 4 rings (SSSR count). The molecule has 1 aliphatic rings. The van der Waals surface area contributed by atoms with Crippen LogP contribution in [0.2, 0.25) is 0 Å². The van der Waals surface area contributed by atoms with Crippen LogP contribution in [0.25, 0.3) is 21.9 Å². The Balaban J connectivity index is 0.000000330. The lowest BCUT2D eigenvalue weighted by atomic mass is 10.0. The van der Waals surface area contributed by atoms with E-state index in [0.29, 0.717) is 29.4 Å². The first-order valence-corrected chi connectivity index (χ1v) is 10.4. The maximum absolute atomic E-state index is 13.7. The van der Waals surface area contributed by atoms with Gasteiger partial charge >= 0.3 is 0 Å². The van der Waals surface area contributed by atoms with Crippen LogP contribution in [0.15, 0.2) is 41.6 Å². The summed E-state index contributed by atoms with van der Waals surface area (Å²) >= 11 is 0. The van der Waals surface area contributed by atoms with E-state index < -0.39 is 23.6 Å². The third kappa shape index (κ3) is 5.44. The largest absolute Gasteiger partial charge is 0.503 e. The summed E-state index contributed by atoms with van der Waals surface area (Å²) in [6.45, 7) is 4.09. The van der Waals surface area contributed by atoms with Crippen molar-refractivity contribution in [2.45, 2.75) is 45.3 Å². The second-order valence-corrected chi connectivity index (χ2v) is 7.55. The fourth-order valence-electron chi connectivity index (χ4n) is 3.49. The van der Waals surface area contributed by atoms with Gasteiger partial charge in [-0.1, -0.05) is 13.3 Å². The Morgan fingerprint density at radius 3 is 2.58 bits per heavy atom. The van der Waals surface area contributed by atoms with Crippen molar-refractivity contribution in [1.29, 1.82) is 0 Å². The van der Waals surface area contributed by atoms with Crippen molar-refractivity contribution in [2.24, 2.45) is 0 Å². The van der Waals surface area contributed by atoms with Gasteiger partial charge in [-0.25, -0.2) is 13.2 Å². The van der Waals surface area contributed by atoms with E-state index in [4.69, 9.17) is 0 Å². The average molecular weight is 433 g/mol. The third-order valence-corrected chi connectivity index (χ3v) is 5.20. The molecule has 1 saturated heterocycles. The van der Waals surface area contributed by atoms with E-state index in [1.807, 2.05) is 6.92 Å². The minimum Gasteiger partial charge on any atom is -0.503 e. The molecule has 0 radical (unpaired) electrons. The van der Waals surface area contributed by atoms with Crippen molar-refractivity contribution in [1.82, 2.24) is 14.9 Å². The van der Waals surface area contributed by atoms with Gasteiger partial charge in [0, 0.05) is 37.2 Å². The highest BCUT2D eigenvalue weighted by molar-refractivity contribution is 5.95. The molecular weight excluding hydrogens is 407 g/mol. The number of piperidine rings is 1. The molecule has 3 heterocycles. The van der Waals surface area contributed by atoms with Gasteiger partial charge in [-0.05, 0) is 55.0 Å². The lowest BCUT2D eigenvalue weighted by Crippen LogP contribution is -2.30. The van der Waals surface area contributed by atoms with E-state index in [0.717, 1.165) is 44.4 Å². The maximum atomic E-state index is 13.7. The Labute approximate surface area is 178 Å². The molecule has 1 atom stereocenters. The van der Waals surface area contributed by atoms with Crippen LogP contribution in [0, 0.1) is 11.6 Å². The number of aromatic nitrogens is 2. The number of unbranched alkanes of at least 4 members (excludes halogenated alkanes) is 1. The fraction of sp³-hybridized carbons (Fsp3) is 0.391. The number of alkyl halides is 1. The first kappa shape index (κ1) is 22.8. The average Bonchev–Trinajstić information content (AvgIpc) is 2.78. The van der Waals surface area contributed by atoms with Crippen molar-refractivity contribution in [3.05, 3.63) is 58.8 Å². The third-order valence-electron chi connectivity index (χ3n) is 5.20. The normalized spacial score (nSPS) is 16.1. The van der Waals surface area contributed by atoms with E-state index in [1.54, 1.807) is 12.3 Å². The molecule has 1 aliphatic heterocycles. The molecule has 2 aromatic heterocycles. The number of pyridine rings is 2. The van der Waals surface area contributed by atoms with E-state index in [1.165, 1.54) is 17.0 Å². The second kappa shape index (κ2) is 10.4. The fourth-order valence-corrected chi connectivity index (χ4v) is 3.49. The Kier molecular flexibility index (Phi) is 7.68. The number of fused-ring (bicyclic) bond motifs is 1. The van der Waals surface area contributed by atoms with Crippen LogP contribution in [0.1, 0.15) is 32.6 Å². The Bertz CT molecular complexity index is 1070. The monoisotopic (exact) mass is 433 g/mol. The molecule has 0 saturated carbocycles. The molecule has 5 nitrogen and oxygen atoms in total. The summed E-state index contributed by atoms with van der Waals surface area (Å²) in [5.41, 5.74) is 0.583. The minimum atomic E-state index is -1.04. The van der Waals surface area contributed by atoms with Crippen LogP contribution in [-0.2, 0) is 6.54 Å². The number of nitrogens with zero attached hydrogens (tertiary/aromatic N) is 2. The van der Waals surface area contributed by atoms with Gasteiger partial charge < -0.3 is 15.0 Å². The van der Waals surface area contributed by atoms with Gasteiger partial charge in [0.1, 0.15) is 6.17 Å². The van der Waals surface area contributed by atoms with Crippen molar-refractivity contribution in [3.63, 3.8) is 0 Å². The van der Waals surface area contributed by atoms with Gasteiger partial charge in [0.15, 0.2) is 17.4 Å². The molecule has 0 amide bonds. The molecule has 0 spiro atoms. The number of phenolic OH excluding ortho intramolecular Hbond substituents is 1. The van der Waals surface area contributed by atoms with Crippen molar-refractivity contribution in [2.75, 3.05) is 13.1 Å². The van der Waals surface area contributed by atoms with Crippen LogP contribution >= 0.6 is 0 Å². The van der Waals surface area contributed by atoms with Gasteiger partial charge in [-0.15, -0.1) is 0 Å². The summed E-state index contributed by atoms with van der Waals surface area (Å²) in [6, 6.07) is 3.75. The molecule has 31 heavy (non-hydrogen) atoms. The standard InChI is InChI=1S/C18H16F2N2O2.C5H10FN/c1-2-3-6-22-10-14(11-7-15(19)17(23)16(20)8-11)12-4-5-21-9-13(12)18(22)24;6-5-2-1-3-7-4-5/h4-5,7-10,23H,2-3,6H2,1H3;5,7H,1-4H2. The first-order chi connectivity index (χ1) is 14.9. The molecule has 0 aliphatic carbocycles. The van der Waals surface area contributed by atoms with Gasteiger partial charge in [0.25, 0.3) is 5.56 Å². The molecule has 1 aromatic carbocycles. The summed E-state index contributed by atoms with van der Waals surface area (Å²) in [5, 5.41) is 13.2. The topological polar surface area (TPSA) is 67.1 Å². The number of aryl methyl sites for hydroxylation is 1. The number of benzene rings is 1. The minimum absolute atomic E-state index is 0.185. The summed E-state index contributed by atoms with van der Waals surface area (Å²) in [4.78, 5) is 16.5. The zero-order chi connectivity index (χ0) is 22.4. The Hall–Kier alpha value is -2.87. The lowest BCUT2D eigenvalue weighted by Gasteiger charge is -2.14. The maximum Gasteiger partial charge on any atom is 0.260 e. The van der Waals surface area contributed by atoms with Crippen LogP contribution < -0.4 is 10.9 Å². The highest BCUT2D eigenvalue weighted by Gasteiger charge is 2.15. The highest BCUT2D eigenvalue weighted by Crippen LogP contribution is 2.31. The molecule has 0 bridgehead atoms. The zero-order valence-corrected chi connectivity index (χ0v) is 17.4. The molecular formula is C23H26F3N3O2. The predicted octanol–water partition coefficient (Wildman–Crippen LogP) is 4.56. The number of hydrogen-bond acceptors (Lipinski definition) is 4. The highest BCUT2D eigenvalue weighted by atomic mass is 19.1. The predicted molar refractivity (Wildman–Crippen MR) is 115 cm³/mol. The Morgan fingerprint density at radius 2 is 2.00 bits per heavy atom. The molecule has 1 fully saturated rings. The first-order valence-electron chi connectivity index (χ1n) is 10.4. The van der Waals surface area contributed by atoms with Gasteiger partial charge in [-0.3, -0.25) is 9.78 Å². The summed E-state index contributed by atoms with van der Waals surface area (Å²) in [5.74, 6) is -3.10. The summed E-state index contributed by atoms with van der Waals surface area (Å²) in [6.07, 6.45) is 7.48. The number of phenols is 1. The second-order valence-electron chi connectivity index (χ2n) is 7.55. The number of halogens is 3. The quantitative estimate of drug-likeness (QED) is 0.633. The molecule has 1 unspecified atom stereocenters. The van der Waals surface area contributed by atoms with Gasteiger partial charge in [0.05, 0.1) is 5.39 Å². The van der Waals surface area contributed by atoms with Crippen molar-refractivity contribution >= 4 is 10.8 Å². The van der Waals surface area contributed by atoms with E-state index in [2.05, 4.69) is 10.3 Å². The SMILES string of the molecule is CCCCn1cc(-c2cc(F)c(O)c(F)c2)c2ccncc2c1=O.FC1CCCNC1. The molecule has 8 heteroatoms. The van der Waals surface area contributed by atoms with Gasteiger partial charge in [0.2, 0.25) is 0 Å². The lowest BCUT2D eigenvalue weighted by molar-refractivity contribution is 0.266. The summed E-state index contributed by atoms with van der Waals surface area (Å²) < 4.78 is 41.1. The molecule has 166 valence electrons. The van der Waals surface area contributed by atoms with Crippen LogP contribution in [0.4, 0.5) is 13.2 Å². The molecule has 2 N–H and O–H groups in total. The van der Waals surface area contributed by atoms with Crippen molar-refractivity contribution in [3.8, 4) is 16.9 Å². The zero-order valence-electron chi connectivity index (χ0n) is 17.4. The number of hydrogen-bond donors (Lipinski definition) is 2. The van der Waals surface area contributed by atoms with Crippen LogP contribution in [-0.4, -0.2) is 33.9 Å². The van der Waals surface area contributed by atoms with E-state index >= 15 is 0 Å². The summed E-state index contributed by atoms with van der Waals surface area (Å²) in [7, 11) is 0. The van der Waals surface area contributed by atoms with E-state index in [9.17, 15) is 23.1 Å². The van der Waals surface area contributed by atoms with Crippen molar-refractivity contribution < 1.29 is 18.3 Å². The smallest absolute Gasteiger partial charge is 0.260 e. The Morgan fingerprint density at radius 1 is 1.26 bits per heavy atom.